The van der Waals surface area contributed by atoms with Crippen LogP contribution in [0.4, 0.5) is 4.39 Å². The van der Waals surface area contributed by atoms with Crippen LogP contribution in [0.2, 0.25) is 0 Å². The molecule has 2 heterocycles. The van der Waals surface area contributed by atoms with Crippen LogP contribution < -0.4 is 5.32 Å². The maximum absolute atomic E-state index is 13.2. The molecule has 1 fully saturated rings. The van der Waals surface area contributed by atoms with Gasteiger partial charge in [0, 0.05) is 39.1 Å². The van der Waals surface area contributed by atoms with E-state index >= 15 is 0 Å². The van der Waals surface area contributed by atoms with Crippen molar-refractivity contribution in [2.45, 2.75) is 32.1 Å². The topological polar surface area (TPSA) is 54.7 Å². The van der Waals surface area contributed by atoms with Crippen LogP contribution in [-0.4, -0.2) is 53.4 Å². The number of morpholine rings is 1. The van der Waals surface area contributed by atoms with E-state index < -0.39 is 0 Å². The van der Waals surface area contributed by atoms with Crippen molar-refractivity contribution in [2.24, 2.45) is 4.99 Å². The molecule has 27 heavy (non-hydrogen) atoms. The second kappa shape index (κ2) is 10.6. The molecular formula is C19H27FIN5O. The molecule has 0 spiro atoms. The summed E-state index contributed by atoms with van der Waals surface area (Å²) in [4.78, 5) is 6.62. The molecule has 0 amide bonds. The zero-order valence-electron chi connectivity index (χ0n) is 15.7. The van der Waals surface area contributed by atoms with Crippen molar-refractivity contribution in [1.82, 2.24) is 20.0 Å². The number of hydrogen-bond acceptors (Lipinski definition) is 3. The number of hydrogen-bond donors (Lipinski definition) is 1. The third-order valence-electron chi connectivity index (χ3n) is 4.42. The van der Waals surface area contributed by atoms with Crippen LogP contribution >= 0.6 is 24.0 Å². The van der Waals surface area contributed by atoms with E-state index in [9.17, 15) is 4.39 Å². The van der Waals surface area contributed by atoms with Gasteiger partial charge in [-0.3, -0.25) is 9.67 Å². The molecule has 2 unspecified atom stereocenters. The first-order valence-electron chi connectivity index (χ1n) is 8.99. The molecular weight excluding hydrogens is 460 g/mol. The minimum atomic E-state index is -0.232. The summed E-state index contributed by atoms with van der Waals surface area (Å²) in [6.07, 6.45) is 4.69. The van der Waals surface area contributed by atoms with Gasteiger partial charge in [0.2, 0.25) is 0 Å². The molecule has 0 bridgehead atoms. The Bertz CT molecular complexity index is 707. The SMILES string of the molecule is CN=C(NCCCn1cccn1)N1CC(C)OC(c2ccc(F)cc2)C1.I. The number of benzene rings is 1. The first kappa shape index (κ1) is 21.6. The number of nitrogens with one attached hydrogen (secondary N) is 1. The fourth-order valence-electron chi connectivity index (χ4n) is 3.19. The summed E-state index contributed by atoms with van der Waals surface area (Å²) in [5, 5.41) is 7.63. The summed E-state index contributed by atoms with van der Waals surface area (Å²) >= 11 is 0. The van der Waals surface area contributed by atoms with Gasteiger partial charge >= 0.3 is 0 Å². The van der Waals surface area contributed by atoms with Crippen LogP contribution in [0.25, 0.3) is 0 Å². The molecule has 2 aromatic rings. The molecule has 0 aliphatic carbocycles. The average Bonchev–Trinajstić information content (AvgIpc) is 3.15. The molecule has 1 aliphatic rings. The Morgan fingerprint density at radius 1 is 1.33 bits per heavy atom. The van der Waals surface area contributed by atoms with E-state index in [4.69, 9.17) is 4.74 Å². The largest absolute Gasteiger partial charge is 0.367 e. The van der Waals surface area contributed by atoms with Crippen molar-refractivity contribution in [3.05, 3.63) is 54.1 Å². The number of rotatable bonds is 5. The summed E-state index contributed by atoms with van der Waals surface area (Å²) in [6.45, 7) is 5.20. The van der Waals surface area contributed by atoms with Crippen molar-refractivity contribution in [2.75, 3.05) is 26.7 Å². The van der Waals surface area contributed by atoms with Gasteiger partial charge in [0.1, 0.15) is 11.9 Å². The van der Waals surface area contributed by atoms with Crippen LogP contribution in [0.5, 0.6) is 0 Å². The normalized spacial score (nSPS) is 20.3. The number of aliphatic imine (C=N–C) groups is 1. The van der Waals surface area contributed by atoms with Gasteiger partial charge in [0.05, 0.1) is 12.6 Å². The lowest BCUT2D eigenvalue weighted by molar-refractivity contribution is -0.0605. The lowest BCUT2D eigenvalue weighted by Crippen LogP contribution is -2.50. The smallest absolute Gasteiger partial charge is 0.193 e. The molecule has 8 heteroatoms. The first-order chi connectivity index (χ1) is 12.7. The maximum Gasteiger partial charge on any atom is 0.193 e. The van der Waals surface area contributed by atoms with E-state index in [0.717, 1.165) is 37.6 Å². The summed E-state index contributed by atoms with van der Waals surface area (Å²) in [6, 6.07) is 8.46. The third-order valence-corrected chi connectivity index (χ3v) is 4.42. The van der Waals surface area contributed by atoms with Gasteiger partial charge in [0.15, 0.2) is 5.96 Å². The number of aromatic nitrogens is 2. The summed E-state index contributed by atoms with van der Waals surface area (Å²) in [5.41, 5.74) is 0.983. The average molecular weight is 487 g/mol. The molecule has 1 N–H and O–H groups in total. The second-order valence-corrected chi connectivity index (χ2v) is 6.49. The van der Waals surface area contributed by atoms with E-state index in [0.29, 0.717) is 6.54 Å². The van der Waals surface area contributed by atoms with Gasteiger partial charge < -0.3 is 15.0 Å². The summed E-state index contributed by atoms with van der Waals surface area (Å²) in [5.74, 6) is 0.636. The van der Waals surface area contributed by atoms with Gasteiger partial charge in [-0.2, -0.15) is 5.10 Å². The fourth-order valence-corrected chi connectivity index (χ4v) is 3.19. The van der Waals surface area contributed by atoms with Crippen molar-refractivity contribution < 1.29 is 9.13 Å². The lowest BCUT2D eigenvalue weighted by atomic mass is 10.1. The van der Waals surface area contributed by atoms with E-state index in [1.54, 1.807) is 25.4 Å². The number of ether oxygens (including phenoxy) is 1. The molecule has 1 saturated heterocycles. The highest BCUT2D eigenvalue weighted by Crippen LogP contribution is 2.25. The predicted octanol–water partition coefficient (Wildman–Crippen LogP) is 3.07. The van der Waals surface area contributed by atoms with Crippen molar-refractivity contribution in [1.29, 1.82) is 0 Å². The molecule has 1 aliphatic heterocycles. The first-order valence-corrected chi connectivity index (χ1v) is 8.99. The molecule has 2 atom stereocenters. The van der Waals surface area contributed by atoms with Gasteiger partial charge in [-0.25, -0.2) is 4.39 Å². The number of nitrogens with zero attached hydrogens (tertiary/aromatic N) is 4. The molecule has 0 saturated carbocycles. The van der Waals surface area contributed by atoms with Crippen molar-refractivity contribution in [3.8, 4) is 0 Å². The molecule has 1 aromatic carbocycles. The van der Waals surface area contributed by atoms with Crippen LogP contribution in [0.1, 0.15) is 25.0 Å². The summed E-state index contributed by atoms with van der Waals surface area (Å²) in [7, 11) is 1.79. The Labute approximate surface area is 176 Å². The minimum Gasteiger partial charge on any atom is -0.367 e. The Morgan fingerprint density at radius 2 is 2.11 bits per heavy atom. The quantitative estimate of drug-likeness (QED) is 0.305. The van der Waals surface area contributed by atoms with Crippen LogP contribution in [0, 0.1) is 5.82 Å². The minimum absolute atomic E-state index is 0. The van der Waals surface area contributed by atoms with Crippen LogP contribution in [-0.2, 0) is 11.3 Å². The highest BCUT2D eigenvalue weighted by molar-refractivity contribution is 14.0. The van der Waals surface area contributed by atoms with E-state index in [1.807, 2.05) is 23.9 Å². The molecule has 148 valence electrons. The maximum atomic E-state index is 13.2. The zero-order chi connectivity index (χ0) is 18.4. The number of aryl methyl sites for hydroxylation is 1. The standard InChI is InChI=1S/C19H26FN5O.HI/c1-15-13-24(14-18(26-15)16-5-7-17(20)8-6-16)19(21-2)22-9-3-11-25-12-4-10-23-25;/h4-8,10,12,15,18H,3,9,11,13-14H2,1-2H3,(H,21,22);1H. The van der Waals surface area contributed by atoms with Gasteiger partial charge in [-0.1, -0.05) is 12.1 Å². The molecule has 3 rings (SSSR count). The van der Waals surface area contributed by atoms with Gasteiger partial charge in [-0.15, -0.1) is 24.0 Å². The lowest BCUT2D eigenvalue weighted by Gasteiger charge is -2.38. The third kappa shape index (κ3) is 6.17. The van der Waals surface area contributed by atoms with E-state index in [2.05, 4.69) is 20.3 Å². The van der Waals surface area contributed by atoms with Crippen LogP contribution in [0.3, 0.4) is 0 Å². The van der Waals surface area contributed by atoms with Gasteiger partial charge in [0.25, 0.3) is 0 Å². The zero-order valence-corrected chi connectivity index (χ0v) is 18.0. The van der Waals surface area contributed by atoms with E-state index in [1.165, 1.54) is 12.1 Å². The number of guanidine groups is 1. The predicted molar refractivity (Wildman–Crippen MR) is 115 cm³/mol. The highest BCUT2D eigenvalue weighted by atomic mass is 127. The second-order valence-electron chi connectivity index (χ2n) is 6.49. The van der Waals surface area contributed by atoms with Crippen molar-refractivity contribution in [3.63, 3.8) is 0 Å². The molecule has 6 nitrogen and oxygen atoms in total. The Balaban J connectivity index is 0.00000261. The monoisotopic (exact) mass is 487 g/mol. The summed E-state index contributed by atoms with van der Waals surface area (Å²) < 4.78 is 21.2. The van der Waals surface area contributed by atoms with Crippen LogP contribution in [0.15, 0.2) is 47.7 Å². The highest BCUT2D eigenvalue weighted by Gasteiger charge is 2.28. The Kier molecular flexibility index (Phi) is 8.49. The molecule has 0 radical (unpaired) electrons. The molecule has 1 aromatic heterocycles. The van der Waals surface area contributed by atoms with Gasteiger partial charge in [-0.05, 0) is 37.1 Å². The fraction of sp³-hybridized carbons (Fsp3) is 0.474. The number of halogens is 2. The van der Waals surface area contributed by atoms with E-state index in [-0.39, 0.29) is 42.0 Å². The van der Waals surface area contributed by atoms with Crippen molar-refractivity contribution >= 4 is 29.9 Å². The Hall–Kier alpha value is -1.68. The Morgan fingerprint density at radius 3 is 2.78 bits per heavy atom.